The lowest BCUT2D eigenvalue weighted by Crippen LogP contribution is -1.94. The number of anilines is 1. The molecule has 6 nitrogen and oxygen atoms in total. The fourth-order valence-corrected chi connectivity index (χ4v) is 2.71. The highest BCUT2D eigenvalue weighted by Crippen LogP contribution is 2.33. The number of aromatic nitrogens is 3. The molecule has 0 aliphatic carbocycles. The summed E-state index contributed by atoms with van der Waals surface area (Å²) in [5.74, 6) is 1.38. The number of imidazole rings is 1. The minimum atomic E-state index is 0.684. The Hall–Kier alpha value is -2.28. The Labute approximate surface area is 120 Å². The average molecular weight is 290 g/mol. The molecule has 2 aromatic heterocycles. The van der Waals surface area contributed by atoms with Gasteiger partial charge in [0.25, 0.3) is 0 Å². The van der Waals surface area contributed by atoms with Crippen molar-refractivity contribution in [1.82, 2.24) is 14.6 Å². The third-order valence-corrected chi connectivity index (χ3v) is 3.92. The zero-order valence-electron chi connectivity index (χ0n) is 11.4. The van der Waals surface area contributed by atoms with Crippen LogP contribution in [-0.4, -0.2) is 35.9 Å². The van der Waals surface area contributed by atoms with Crippen LogP contribution in [0.4, 0.5) is 5.13 Å². The molecule has 0 amide bonds. The van der Waals surface area contributed by atoms with Crippen LogP contribution in [0, 0.1) is 0 Å². The molecular formula is C13H14N4O2S. The molecule has 0 saturated carbocycles. The van der Waals surface area contributed by atoms with Gasteiger partial charge < -0.3 is 14.8 Å². The van der Waals surface area contributed by atoms with Crippen LogP contribution in [0.5, 0.6) is 11.5 Å². The molecule has 0 atom stereocenters. The summed E-state index contributed by atoms with van der Waals surface area (Å²) < 4.78 is 12.4. The van der Waals surface area contributed by atoms with Gasteiger partial charge in [0.1, 0.15) is 0 Å². The third-order valence-electron chi connectivity index (χ3n) is 2.98. The number of hydrogen-bond donors (Lipinski definition) is 1. The number of rotatable bonds is 4. The highest BCUT2D eigenvalue weighted by atomic mass is 32.1. The molecule has 1 N–H and O–H groups in total. The SMILES string of the molecule is CNc1nn2c(-c3ccc(OC)c(OC)c3)cnc2s1. The Kier molecular flexibility index (Phi) is 3.19. The Morgan fingerprint density at radius 2 is 2.00 bits per heavy atom. The molecule has 0 radical (unpaired) electrons. The summed E-state index contributed by atoms with van der Waals surface area (Å²) >= 11 is 1.50. The highest BCUT2D eigenvalue weighted by Gasteiger charge is 2.13. The van der Waals surface area contributed by atoms with E-state index in [4.69, 9.17) is 9.47 Å². The fraction of sp³-hybridized carbons (Fsp3) is 0.231. The molecule has 7 heteroatoms. The molecule has 0 spiro atoms. The van der Waals surface area contributed by atoms with Crippen LogP contribution in [0.25, 0.3) is 16.2 Å². The number of nitrogens with zero attached hydrogens (tertiary/aromatic N) is 3. The molecule has 20 heavy (non-hydrogen) atoms. The first-order valence-corrected chi connectivity index (χ1v) is 6.83. The Balaban J connectivity index is 2.12. The van der Waals surface area contributed by atoms with E-state index in [0.29, 0.717) is 11.5 Å². The van der Waals surface area contributed by atoms with Crippen LogP contribution in [0.15, 0.2) is 24.4 Å². The Morgan fingerprint density at radius 1 is 1.20 bits per heavy atom. The van der Waals surface area contributed by atoms with Gasteiger partial charge in [-0.05, 0) is 18.2 Å². The van der Waals surface area contributed by atoms with Crippen LogP contribution in [0.3, 0.4) is 0 Å². The summed E-state index contributed by atoms with van der Waals surface area (Å²) in [5.41, 5.74) is 1.89. The topological polar surface area (TPSA) is 60.7 Å². The van der Waals surface area contributed by atoms with Crippen LogP contribution in [0.2, 0.25) is 0 Å². The fourth-order valence-electron chi connectivity index (χ4n) is 1.99. The van der Waals surface area contributed by atoms with E-state index in [1.807, 2.05) is 29.8 Å². The zero-order valence-corrected chi connectivity index (χ0v) is 12.2. The maximum absolute atomic E-state index is 5.33. The Morgan fingerprint density at radius 3 is 2.70 bits per heavy atom. The van der Waals surface area contributed by atoms with Gasteiger partial charge in [-0.15, -0.1) is 5.10 Å². The van der Waals surface area contributed by atoms with E-state index < -0.39 is 0 Å². The van der Waals surface area contributed by atoms with Crippen molar-refractivity contribution in [1.29, 1.82) is 0 Å². The molecular weight excluding hydrogens is 276 g/mol. The summed E-state index contributed by atoms with van der Waals surface area (Å²) in [6, 6.07) is 5.75. The van der Waals surface area contributed by atoms with Crippen molar-refractivity contribution >= 4 is 21.4 Å². The van der Waals surface area contributed by atoms with Gasteiger partial charge in [-0.2, -0.15) is 0 Å². The first-order chi connectivity index (χ1) is 9.76. The van der Waals surface area contributed by atoms with Crippen molar-refractivity contribution in [3.05, 3.63) is 24.4 Å². The molecule has 104 valence electrons. The molecule has 0 bridgehead atoms. The van der Waals surface area contributed by atoms with Crippen LogP contribution >= 0.6 is 11.3 Å². The maximum Gasteiger partial charge on any atom is 0.214 e. The van der Waals surface area contributed by atoms with Crippen LogP contribution < -0.4 is 14.8 Å². The van der Waals surface area contributed by atoms with Gasteiger partial charge in [0.15, 0.2) is 11.5 Å². The molecule has 1 aromatic carbocycles. The van der Waals surface area contributed by atoms with Crippen molar-refractivity contribution < 1.29 is 9.47 Å². The molecule has 3 rings (SSSR count). The monoisotopic (exact) mass is 290 g/mol. The van der Waals surface area contributed by atoms with E-state index >= 15 is 0 Å². The molecule has 0 unspecified atom stereocenters. The second-order valence-corrected chi connectivity index (χ2v) is 5.02. The van der Waals surface area contributed by atoms with Crippen LogP contribution in [-0.2, 0) is 0 Å². The lowest BCUT2D eigenvalue weighted by atomic mass is 10.1. The van der Waals surface area contributed by atoms with Crippen molar-refractivity contribution in [2.75, 3.05) is 26.6 Å². The van der Waals surface area contributed by atoms with Gasteiger partial charge in [-0.1, -0.05) is 11.3 Å². The smallest absolute Gasteiger partial charge is 0.214 e. The van der Waals surface area contributed by atoms with E-state index in [1.165, 1.54) is 11.3 Å². The molecule has 0 saturated heterocycles. The van der Waals surface area contributed by atoms with Gasteiger partial charge in [0.05, 0.1) is 26.1 Å². The molecule has 0 fully saturated rings. The number of methoxy groups -OCH3 is 2. The Bertz CT molecular complexity index is 750. The molecule has 2 heterocycles. The minimum Gasteiger partial charge on any atom is -0.493 e. The number of benzene rings is 1. The highest BCUT2D eigenvalue weighted by molar-refractivity contribution is 7.20. The molecule has 0 aliphatic rings. The average Bonchev–Trinajstić information content (AvgIpc) is 3.06. The minimum absolute atomic E-state index is 0.684. The maximum atomic E-state index is 5.33. The summed E-state index contributed by atoms with van der Waals surface area (Å²) in [5, 5.41) is 8.31. The van der Waals surface area contributed by atoms with Gasteiger partial charge >= 0.3 is 0 Å². The lowest BCUT2D eigenvalue weighted by Gasteiger charge is -2.08. The van der Waals surface area contributed by atoms with E-state index in [1.54, 1.807) is 20.4 Å². The quantitative estimate of drug-likeness (QED) is 0.800. The normalized spacial score (nSPS) is 10.8. The summed E-state index contributed by atoms with van der Waals surface area (Å²) in [4.78, 5) is 5.22. The molecule has 3 aromatic rings. The number of hydrogen-bond acceptors (Lipinski definition) is 6. The first kappa shape index (κ1) is 12.7. The van der Waals surface area contributed by atoms with E-state index in [2.05, 4.69) is 15.4 Å². The van der Waals surface area contributed by atoms with Crippen molar-refractivity contribution in [2.24, 2.45) is 0 Å². The standard InChI is InChI=1S/C13H14N4O2S/c1-14-12-16-17-9(7-15-13(17)20-12)8-4-5-10(18-2)11(6-8)19-3/h4-7H,1-3H3,(H,14,16). The van der Waals surface area contributed by atoms with Gasteiger partial charge in [-0.25, -0.2) is 9.50 Å². The summed E-state index contributed by atoms with van der Waals surface area (Å²) in [6.07, 6.45) is 1.81. The van der Waals surface area contributed by atoms with E-state index in [0.717, 1.165) is 21.3 Å². The second-order valence-electron chi connectivity index (χ2n) is 4.06. The first-order valence-electron chi connectivity index (χ1n) is 6.01. The van der Waals surface area contributed by atoms with Gasteiger partial charge in [0, 0.05) is 12.6 Å². The van der Waals surface area contributed by atoms with Crippen molar-refractivity contribution in [2.45, 2.75) is 0 Å². The van der Waals surface area contributed by atoms with Gasteiger partial charge in [0.2, 0.25) is 10.1 Å². The summed E-state index contributed by atoms with van der Waals surface area (Å²) in [6.45, 7) is 0. The van der Waals surface area contributed by atoms with E-state index in [-0.39, 0.29) is 0 Å². The predicted molar refractivity (Wildman–Crippen MR) is 79.0 cm³/mol. The third kappa shape index (κ3) is 1.96. The lowest BCUT2D eigenvalue weighted by molar-refractivity contribution is 0.355. The van der Waals surface area contributed by atoms with E-state index in [9.17, 15) is 0 Å². The van der Waals surface area contributed by atoms with Crippen LogP contribution in [0.1, 0.15) is 0 Å². The van der Waals surface area contributed by atoms with Crippen molar-refractivity contribution in [3.63, 3.8) is 0 Å². The second kappa shape index (κ2) is 5.01. The number of ether oxygens (including phenoxy) is 2. The number of fused-ring (bicyclic) bond motifs is 1. The summed E-state index contributed by atoms with van der Waals surface area (Å²) in [7, 11) is 5.08. The molecule has 0 aliphatic heterocycles. The largest absolute Gasteiger partial charge is 0.493 e. The number of nitrogens with one attached hydrogen (secondary N) is 1. The van der Waals surface area contributed by atoms with Gasteiger partial charge in [-0.3, -0.25) is 0 Å². The predicted octanol–water partition coefficient (Wildman–Crippen LogP) is 2.52. The van der Waals surface area contributed by atoms with Crippen molar-refractivity contribution in [3.8, 4) is 22.8 Å². The zero-order chi connectivity index (χ0) is 14.1.